The molecule has 6 atom stereocenters. The van der Waals surface area contributed by atoms with Crippen LogP contribution in [0, 0.1) is 18.3 Å². The monoisotopic (exact) mass is 411 g/mol. The van der Waals surface area contributed by atoms with Gasteiger partial charge in [-0.1, -0.05) is 25.1 Å². The number of nitrogens with zero attached hydrogens (tertiary/aromatic N) is 1. The highest BCUT2D eigenvalue weighted by Gasteiger charge is 2.77. The van der Waals surface area contributed by atoms with Gasteiger partial charge in [-0.05, 0) is 58.3 Å². The third kappa shape index (κ3) is 2.04. The molecule has 5 heteroatoms. The molecule has 162 valence electrons. The highest BCUT2D eigenvalue weighted by molar-refractivity contribution is 5.84. The molecule has 5 nitrogen and oxygen atoms in total. The van der Waals surface area contributed by atoms with Gasteiger partial charge in [0.25, 0.3) is 0 Å². The fourth-order valence-corrected chi connectivity index (χ4v) is 7.42. The van der Waals surface area contributed by atoms with E-state index >= 15 is 0 Å². The third-order valence-electron chi connectivity index (χ3n) is 8.95. The van der Waals surface area contributed by atoms with E-state index in [1.165, 1.54) is 0 Å². The van der Waals surface area contributed by atoms with Gasteiger partial charge >= 0.3 is 0 Å². The van der Waals surface area contributed by atoms with Crippen molar-refractivity contribution in [2.75, 3.05) is 20.7 Å². The maximum atomic E-state index is 13.4. The van der Waals surface area contributed by atoms with Gasteiger partial charge in [-0.25, -0.2) is 0 Å². The highest BCUT2D eigenvalue weighted by Crippen LogP contribution is 2.72. The Balaban J connectivity index is 1.81. The fourth-order valence-electron chi connectivity index (χ4n) is 7.42. The first kappa shape index (κ1) is 20.1. The van der Waals surface area contributed by atoms with Crippen LogP contribution in [0.3, 0.4) is 0 Å². The molecule has 1 aromatic carbocycles. The fraction of sp³-hybridized carbons (Fsp3) is 0.640. The molecule has 1 aromatic rings. The number of fused-ring (bicyclic) bond motifs is 2. The number of rotatable bonds is 4. The van der Waals surface area contributed by atoms with Crippen molar-refractivity contribution >= 4 is 5.78 Å². The quantitative estimate of drug-likeness (QED) is 0.765. The highest BCUT2D eigenvalue weighted by atomic mass is 16.6. The third-order valence-corrected chi connectivity index (χ3v) is 8.95. The molecule has 0 unspecified atom stereocenters. The molecule has 1 N–H and O–H groups in total. The average Bonchev–Trinajstić information content (AvgIpc) is 3.13. The summed E-state index contributed by atoms with van der Waals surface area (Å²) in [6, 6.07) is 3.96. The summed E-state index contributed by atoms with van der Waals surface area (Å²) >= 11 is 0. The van der Waals surface area contributed by atoms with Gasteiger partial charge in [0, 0.05) is 30.6 Å². The van der Waals surface area contributed by atoms with Gasteiger partial charge in [-0.3, -0.25) is 4.79 Å². The van der Waals surface area contributed by atoms with E-state index in [1.807, 2.05) is 6.07 Å². The lowest BCUT2D eigenvalue weighted by Crippen LogP contribution is -2.77. The zero-order valence-corrected chi connectivity index (χ0v) is 18.7. The topological polar surface area (TPSA) is 59.0 Å². The van der Waals surface area contributed by atoms with E-state index in [2.05, 4.69) is 44.9 Å². The van der Waals surface area contributed by atoms with Crippen molar-refractivity contribution in [3.63, 3.8) is 0 Å². The normalized spacial score (nSPS) is 41.2. The first-order valence-electron chi connectivity index (χ1n) is 11.3. The van der Waals surface area contributed by atoms with Gasteiger partial charge in [-0.2, -0.15) is 0 Å². The standard InChI is InChI=1S/C25H33NO4/c1-6-7-18(27)17-14-23-10-11-25(17,29-5)22-24(23,12-13-26(4)16(23)3)20-15(2)8-9-19(28)21(20)30-22/h8-11,16-17,22,28H,6-7,12-14H2,1-5H3/t16-,17-,22-,23-,24+,25+/m1/s1. The summed E-state index contributed by atoms with van der Waals surface area (Å²) in [5.41, 5.74) is 0.902. The van der Waals surface area contributed by atoms with Crippen molar-refractivity contribution in [1.29, 1.82) is 0 Å². The molecule has 0 amide bonds. The number of aryl methyl sites for hydroxylation is 1. The van der Waals surface area contributed by atoms with Crippen molar-refractivity contribution in [1.82, 2.24) is 4.90 Å². The van der Waals surface area contributed by atoms with E-state index in [1.54, 1.807) is 13.2 Å². The number of phenols is 1. The zero-order valence-electron chi connectivity index (χ0n) is 18.7. The molecule has 3 aliphatic carbocycles. The summed E-state index contributed by atoms with van der Waals surface area (Å²) in [6.07, 6.45) is 7.21. The number of Topliss-reactive ketones (excluding diaryl/α,β-unsaturated/α-hetero) is 1. The van der Waals surface area contributed by atoms with Crippen molar-refractivity contribution in [3.05, 3.63) is 35.4 Å². The lowest BCUT2D eigenvalue weighted by atomic mass is 9.39. The minimum absolute atomic E-state index is 0.184. The number of piperidine rings is 1. The predicted molar refractivity (Wildman–Crippen MR) is 115 cm³/mol. The summed E-state index contributed by atoms with van der Waals surface area (Å²) in [6.45, 7) is 7.39. The second-order valence-corrected chi connectivity index (χ2v) is 9.89. The first-order valence-corrected chi connectivity index (χ1v) is 11.3. The number of methoxy groups -OCH3 is 1. The lowest BCUT2D eigenvalue weighted by Gasteiger charge is -2.68. The minimum Gasteiger partial charge on any atom is -0.504 e. The van der Waals surface area contributed by atoms with Crippen LogP contribution in [0.5, 0.6) is 11.5 Å². The van der Waals surface area contributed by atoms with E-state index in [0.29, 0.717) is 12.2 Å². The number of likely N-dealkylation sites (tertiary alicyclic amines) is 1. The maximum Gasteiger partial charge on any atom is 0.165 e. The summed E-state index contributed by atoms with van der Waals surface area (Å²) < 4.78 is 12.9. The second-order valence-electron chi connectivity index (χ2n) is 9.89. The van der Waals surface area contributed by atoms with Crippen LogP contribution >= 0.6 is 0 Å². The molecule has 2 bridgehead atoms. The van der Waals surface area contributed by atoms with Gasteiger partial charge in [0.1, 0.15) is 17.5 Å². The molecule has 0 radical (unpaired) electrons. The van der Waals surface area contributed by atoms with Crippen LogP contribution in [0.2, 0.25) is 0 Å². The van der Waals surface area contributed by atoms with E-state index < -0.39 is 5.60 Å². The number of hydrogen-bond acceptors (Lipinski definition) is 5. The molecule has 5 aliphatic rings. The lowest BCUT2D eigenvalue weighted by molar-refractivity contribution is -0.208. The Morgan fingerprint density at radius 2 is 2.13 bits per heavy atom. The van der Waals surface area contributed by atoms with Gasteiger partial charge in [-0.15, -0.1) is 0 Å². The number of ether oxygens (including phenoxy) is 2. The van der Waals surface area contributed by atoms with Crippen molar-refractivity contribution in [2.24, 2.45) is 11.3 Å². The van der Waals surface area contributed by atoms with Crippen molar-refractivity contribution < 1.29 is 19.4 Å². The molecule has 2 spiro atoms. The van der Waals surface area contributed by atoms with Crippen molar-refractivity contribution in [2.45, 2.75) is 69.6 Å². The first-order chi connectivity index (χ1) is 14.3. The number of phenolic OH excluding ortho intramolecular Hbond substituents is 1. The number of hydrogen-bond donors (Lipinski definition) is 1. The molecule has 1 saturated carbocycles. The van der Waals surface area contributed by atoms with Crippen LogP contribution in [0.25, 0.3) is 0 Å². The van der Waals surface area contributed by atoms with Crippen LogP contribution in [0.15, 0.2) is 24.3 Å². The van der Waals surface area contributed by atoms with E-state index in [4.69, 9.17) is 9.47 Å². The van der Waals surface area contributed by atoms with Gasteiger partial charge in [0.15, 0.2) is 11.5 Å². The van der Waals surface area contributed by atoms with E-state index in [-0.39, 0.29) is 40.4 Å². The molecule has 2 heterocycles. The van der Waals surface area contributed by atoms with Crippen LogP contribution < -0.4 is 4.74 Å². The Labute approximate surface area is 179 Å². The van der Waals surface area contributed by atoms with Crippen LogP contribution in [-0.2, 0) is 14.9 Å². The largest absolute Gasteiger partial charge is 0.504 e. The smallest absolute Gasteiger partial charge is 0.165 e. The Morgan fingerprint density at radius 3 is 2.83 bits per heavy atom. The molecule has 30 heavy (non-hydrogen) atoms. The predicted octanol–water partition coefficient (Wildman–Crippen LogP) is 3.75. The number of ketones is 1. The number of carbonyl (C=O) groups excluding carboxylic acids is 1. The Morgan fingerprint density at radius 1 is 1.37 bits per heavy atom. The Bertz CT molecular complexity index is 941. The van der Waals surface area contributed by atoms with Crippen molar-refractivity contribution in [3.8, 4) is 11.5 Å². The molecular formula is C25H33NO4. The van der Waals surface area contributed by atoms with Crippen LogP contribution in [0.4, 0.5) is 0 Å². The number of benzene rings is 1. The van der Waals surface area contributed by atoms with Gasteiger partial charge in [0.05, 0.1) is 11.3 Å². The molecule has 0 aromatic heterocycles. The van der Waals surface area contributed by atoms with Crippen LogP contribution in [0.1, 0.15) is 50.7 Å². The average molecular weight is 412 g/mol. The summed E-state index contributed by atoms with van der Waals surface area (Å²) in [7, 11) is 3.89. The molecule has 2 aliphatic heterocycles. The van der Waals surface area contributed by atoms with E-state index in [0.717, 1.165) is 36.9 Å². The number of aromatic hydroxyl groups is 1. The SMILES string of the molecule is CCCC(=O)[C@H]1C[C@@]23C=C[C@@]1(OC)[C@@H]1Oc4c(O)ccc(C)c4[C@@]12CCN(C)[C@@H]3C. The van der Waals surface area contributed by atoms with Gasteiger partial charge in [0.2, 0.25) is 0 Å². The Hall–Kier alpha value is -1.85. The van der Waals surface area contributed by atoms with Gasteiger partial charge < -0.3 is 19.5 Å². The minimum atomic E-state index is -0.804. The van der Waals surface area contributed by atoms with Crippen LogP contribution in [-0.4, -0.2) is 54.2 Å². The zero-order chi connectivity index (χ0) is 21.5. The molecule has 1 saturated heterocycles. The maximum absolute atomic E-state index is 13.4. The Kier molecular flexibility index (Phi) is 4.24. The number of carbonyl (C=O) groups is 1. The summed E-state index contributed by atoms with van der Waals surface area (Å²) in [4.78, 5) is 15.8. The molecule has 6 rings (SSSR count). The second kappa shape index (κ2) is 6.33. The summed E-state index contributed by atoms with van der Waals surface area (Å²) in [5, 5.41) is 10.8. The molecule has 2 fully saturated rings. The molecular weight excluding hydrogens is 378 g/mol. The van der Waals surface area contributed by atoms with E-state index in [9.17, 15) is 9.90 Å². The summed E-state index contributed by atoms with van der Waals surface area (Å²) in [5.74, 6) is 0.798.